The fourth-order valence-corrected chi connectivity index (χ4v) is 3.09. The van der Waals surface area contributed by atoms with E-state index in [4.69, 9.17) is 0 Å². The first-order valence-electron chi connectivity index (χ1n) is 6.79. The summed E-state index contributed by atoms with van der Waals surface area (Å²) in [5.41, 5.74) is 3.62. The number of hydrogen-bond acceptors (Lipinski definition) is 2. The van der Waals surface area contributed by atoms with Crippen LogP contribution in [0.15, 0.2) is 69.4 Å². The first kappa shape index (κ1) is 14.3. The first-order valence-corrected chi connectivity index (χ1v) is 8.47. The van der Waals surface area contributed by atoms with Gasteiger partial charge in [0, 0.05) is 16.4 Å². The average Bonchev–Trinajstić information content (AvgIpc) is 2.98. The van der Waals surface area contributed by atoms with E-state index in [1.807, 2.05) is 18.2 Å². The minimum atomic E-state index is 0.806. The van der Waals surface area contributed by atoms with Gasteiger partial charge in [0.05, 0.1) is 5.69 Å². The topological polar surface area (TPSA) is 28.1 Å². The Labute approximate surface area is 136 Å². The zero-order valence-corrected chi connectivity index (χ0v) is 13.8. The minimum Gasteiger partial charge on any atom is -0.331 e. The van der Waals surface area contributed by atoms with Crippen LogP contribution in [0.25, 0.3) is 11.3 Å². The van der Waals surface area contributed by atoms with Crippen molar-refractivity contribution in [2.45, 2.75) is 6.42 Å². The lowest BCUT2D eigenvalue weighted by molar-refractivity contribution is 0.928. The van der Waals surface area contributed by atoms with Crippen LogP contribution >= 0.6 is 27.3 Å². The summed E-state index contributed by atoms with van der Waals surface area (Å²) < 4.78 is 1.09. The summed E-state index contributed by atoms with van der Waals surface area (Å²) in [6.45, 7) is 0.806. The van der Waals surface area contributed by atoms with Crippen LogP contribution in [0.2, 0.25) is 0 Å². The Hall–Kier alpha value is -1.65. The molecule has 3 aromatic rings. The number of thiazole rings is 1. The molecule has 21 heavy (non-hydrogen) atoms. The molecule has 1 aromatic heterocycles. The van der Waals surface area contributed by atoms with Crippen LogP contribution in [0.1, 0.15) is 5.56 Å². The van der Waals surface area contributed by atoms with Gasteiger partial charge in [0.2, 0.25) is 0 Å². The lowest BCUT2D eigenvalue weighted by Gasteiger charge is -1.97. The Morgan fingerprint density at radius 3 is 2.52 bits per heavy atom. The lowest BCUT2D eigenvalue weighted by Crippen LogP contribution is -2.01. The number of nitrogens with one attached hydrogen (secondary N) is 1. The summed E-state index contributed by atoms with van der Waals surface area (Å²) in [6, 6.07) is 18.7. The van der Waals surface area contributed by atoms with E-state index in [0.717, 1.165) is 27.9 Å². The SMILES string of the molecule is Brc1ccc(-c2csc(=NCCc3ccccc3)[nH]2)cc1. The number of benzene rings is 2. The second-order valence-corrected chi connectivity index (χ2v) is 6.48. The zero-order valence-electron chi connectivity index (χ0n) is 11.4. The highest BCUT2D eigenvalue weighted by Crippen LogP contribution is 2.19. The molecule has 0 fully saturated rings. The monoisotopic (exact) mass is 358 g/mol. The molecule has 0 unspecified atom stereocenters. The molecule has 0 bridgehead atoms. The molecule has 2 aromatic carbocycles. The maximum atomic E-state index is 4.62. The van der Waals surface area contributed by atoms with E-state index >= 15 is 0 Å². The van der Waals surface area contributed by atoms with Gasteiger partial charge in [0.25, 0.3) is 0 Å². The molecule has 1 heterocycles. The van der Waals surface area contributed by atoms with Crippen molar-refractivity contribution < 1.29 is 0 Å². The maximum absolute atomic E-state index is 4.62. The van der Waals surface area contributed by atoms with E-state index in [-0.39, 0.29) is 0 Å². The molecule has 0 radical (unpaired) electrons. The van der Waals surface area contributed by atoms with Crippen molar-refractivity contribution in [3.8, 4) is 11.3 Å². The molecule has 0 saturated heterocycles. The molecule has 0 atom stereocenters. The Kier molecular flexibility index (Phi) is 4.68. The van der Waals surface area contributed by atoms with Gasteiger partial charge in [-0.2, -0.15) is 0 Å². The number of H-pyrrole nitrogens is 1. The zero-order chi connectivity index (χ0) is 14.5. The average molecular weight is 359 g/mol. The van der Waals surface area contributed by atoms with Crippen molar-refractivity contribution in [2.75, 3.05) is 6.54 Å². The molecule has 4 heteroatoms. The van der Waals surface area contributed by atoms with Crippen molar-refractivity contribution in [1.29, 1.82) is 0 Å². The van der Waals surface area contributed by atoms with Gasteiger partial charge in [0.1, 0.15) is 0 Å². The molecule has 0 spiro atoms. The Morgan fingerprint density at radius 2 is 1.76 bits per heavy atom. The third-order valence-electron chi connectivity index (χ3n) is 3.18. The normalized spacial score (nSPS) is 11.8. The fourth-order valence-electron chi connectivity index (χ4n) is 2.07. The summed E-state index contributed by atoms with van der Waals surface area (Å²) >= 11 is 5.10. The highest BCUT2D eigenvalue weighted by molar-refractivity contribution is 9.10. The second kappa shape index (κ2) is 6.87. The molecular formula is C17H15BrN2S. The Bertz CT molecular complexity index is 757. The van der Waals surface area contributed by atoms with Crippen LogP contribution in [0.5, 0.6) is 0 Å². The standard InChI is InChI=1S/C17H15BrN2S/c18-15-8-6-14(7-9-15)16-12-21-17(20-16)19-11-10-13-4-2-1-3-5-13/h1-9,12H,10-11H2,(H,19,20). The molecule has 3 rings (SSSR count). The van der Waals surface area contributed by atoms with E-state index in [1.54, 1.807) is 11.3 Å². The van der Waals surface area contributed by atoms with Crippen LogP contribution in [-0.2, 0) is 6.42 Å². The molecule has 106 valence electrons. The van der Waals surface area contributed by atoms with Crippen molar-refractivity contribution in [3.63, 3.8) is 0 Å². The number of aromatic nitrogens is 1. The smallest absolute Gasteiger partial charge is 0.182 e. The number of hydrogen-bond donors (Lipinski definition) is 1. The van der Waals surface area contributed by atoms with Crippen LogP contribution in [-0.4, -0.2) is 11.5 Å². The second-order valence-electron chi connectivity index (χ2n) is 4.70. The largest absolute Gasteiger partial charge is 0.331 e. The number of nitrogens with zero attached hydrogens (tertiary/aromatic N) is 1. The van der Waals surface area contributed by atoms with Crippen LogP contribution in [0.3, 0.4) is 0 Å². The molecule has 1 N–H and O–H groups in total. The quantitative estimate of drug-likeness (QED) is 0.703. The summed E-state index contributed by atoms with van der Waals surface area (Å²) in [5.74, 6) is 0. The molecule has 0 aliphatic carbocycles. The number of halogens is 1. The Morgan fingerprint density at radius 1 is 1.00 bits per heavy atom. The number of rotatable bonds is 4. The van der Waals surface area contributed by atoms with Crippen molar-refractivity contribution in [1.82, 2.24) is 4.98 Å². The van der Waals surface area contributed by atoms with Gasteiger partial charge >= 0.3 is 0 Å². The van der Waals surface area contributed by atoms with E-state index in [2.05, 4.69) is 67.7 Å². The predicted octanol–water partition coefficient (Wildman–Crippen LogP) is 4.65. The van der Waals surface area contributed by atoms with E-state index in [1.165, 1.54) is 11.1 Å². The van der Waals surface area contributed by atoms with Gasteiger partial charge in [-0.15, -0.1) is 11.3 Å². The molecule has 0 saturated carbocycles. The number of aromatic amines is 1. The summed E-state index contributed by atoms with van der Waals surface area (Å²) in [6.07, 6.45) is 0.972. The van der Waals surface area contributed by atoms with Crippen LogP contribution < -0.4 is 4.80 Å². The molecule has 0 amide bonds. The highest BCUT2D eigenvalue weighted by atomic mass is 79.9. The van der Waals surface area contributed by atoms with Gasteiger partial charge in [0.15, 0.2) is 4.80 Å². The van der Waals surface area contributed by atoms with Gasteiger partial charge in [-0.05, 0) is 29.7 Å². The van der Waals surface area contributed by atoms with Gasteiger partial charge in [-0.25, -0.2) is 0 Å². The Balaban J connectivity index is 1.70. The van der Waals surface area contributed by atoms with E-state index in [9.17, 15) is 0 Å². The molecule has 0 aliphatic heterocycles. The van der Waals surface area contributed by atoms with Crippen LogP contribution in [0.4, 0.5) is 0 Å². The van der Waals surface area contributed by atoms with E-state index in [0.29, 0.717) is 0 Å². The summed E-state index contributed by atoms with van der Waals surface area (Å²) in [7, 11) is 0. The van der Waals surface area contributed by atoms with Gasteiger partial charge in [-0.3, -0.25) is 4.99 Å². The molecule has 0 aliphatic rings. The van der Waals surface area contributed by atoms with E-state index < -0.39 is 0 Å². The maximum Gasteiger partial charge on any atom is 0.182 e. The third-order valence-corrected chi connectivity index (χ3v) is 4.52. The van der Waals surface area contributed by atoms with Crippen molar-refractivity contribution in [2.24, 2.45) is 4.99 Å². The minimum absolute atomic E-state index is 0.806. The fraction of sp³-hybridized carbons (Fsp3) is 0.118. The predicted molar refractivity (Wildman–Crippen MR) is 92.4 cm³/mol. The summed E-state index contributed by atoms with van der Waals surface area (Å²) in [4.78, 5) is 8.97. The summed E-state index contributed by atoms with van der Waals surface area (Å²) in [5, 5.41) is 2.12. The lowest BCUT2D eigenvalue weighted by atomic mass is 10.2. The molecule has 2 nitrogen and oxygen atoms in total. The first-order chi connectivity index (χ1) is 10.3. The van der Waals surface area contributed by atoms with Gasteiger partial charge in [-0.1, -0.05) is 58.4 Å². The van der Waals surface area contributed by atoms with Crippen molar-refractivity contribution >= 4 is 27.3 Å². The van der Waals surface area contributed by atoms with Gasteiger partial charge < -0.3 is 4.98 Å². The third kappa shape index (κ3) is 3.93. The highest BCUT2D eigenvalue weighted by Gasteiger charge is 1.99. The molecular weight excluding hydrogens is 344 g/mol. The van der Waals surface area contributed by atoms with Crippen molar-refractivity contribution in [3.05, 3.63) is 74.8 Å². The van der Waals surface area contributed by atoms with Crippen LogP contribution in [0, 0.1) is 0 Å².